The van der Waals surface area contributed by atoms with Gasteiger partial charge in [-0.2, -0.15) is 0 Å². The lowest BCUT2D eigenvalue weighted by Crippen LogP contribution is -2.45. The fourth-order valence-corrected chi connectivity index (χ4v) is 3.64. The van der Waals surface area contributed by atoms with E-state index >= 15 is 0 Å². The lowest BCUT2D eigenvalue weighted by Gasteiger charge is -2.32. The highest BCUT2D eigenvalue weighted by Crippen LogP contribution is 2.22. The maximum atomic E-state index is 12.2. The predicted molar refractivity (Wildman–Crippen MR) is 109 cm³/mol. The zero-order valence-corrected chi connectivity index (χ0v) is 16.8. The third kappa shape index (κ3) is 5.72. The van der Waals surface area contributed by atoms with Crippen molar-refractivity contribution in [2.75, 3.05) is 19.7 Å². The summed E-state index contributed by atoms with van der Waals surface area (Å²) < 4.78 is 5.75. The summed E-state index contributed by atoms with van der Waals surface area (Å²) in [5, 5.41) is 3.88. The fourth-order valence-electron chi connectivity index (χ4n) is 3.52. The molecule has 0 spiro atoms. The second-order valence-corrected chi connectivity index (χ2v) is 7.69. The minimum Gasteiger partial charge on any atom is -0.483 e. The van der Waals surface area contributed by atoms with Gasteiger partial charge in [-0.05, 0) is 55.5 Å². The highest BCUT2D eigenvalue weighted by Gasteiger charge is 2.21. The minimum absolute atomic E-state index is 0.0474. The van der Waals surface area contributed by atoms with Gasteiger partial charge in [0.25, 0.3) is 5.91 Å². The van der Waals surface area contributed by atoms with Gasteiger partial charge in [0.2, 0.25) is 0 Å². The molecule has 1 aliphatic heterocycles. The molecule has 0 bridgehead atoms. The molecule has 27 heavy (non-hydrogen) atoms. The van der Waals surface area contributed by atoms with Crippen LogP contribution in [0.25, 0.3) is 0 Å². The molecule has 5 heteroatoms. The SMILES string of the molecule is Cc1cccc(C)c1OCC(=O)NC1CCN(Cc2ccc(Cl)cc2)CC1. The first kappa shape index (κ1) is 19.7. The molecule has 0 atom stereocenters. The Kier molecular flexibility index (Phi) is 6.75. The molecule has 0 unspecified atom stereocenters. The van der Waals surface area contributed by atoms with Crippen molar-refractivity contribution in [2.24, 2.45) is 0 Å². The number of nitrogens with one attached hydrogen (secondary N) is 1. The van der Waals surface area contributed by atoms with E-state index in [2.05, 4.69) is 22.3 Å². The summed E-state index contributed by atoms with van der Waals surface area (Å²) in [6.07, 6.45) is 1.92. The van der Waals surface area contributed by atoms with E-state index in [1.54, 1.807) is 0 Å². The molecule has 1 fully saturated rings. The smallest absolute Gasteiger partial charge is 0.258 e. The van der Waals surface area contributed by atoms with E-state index in [-0.39, 0.29) is 18.6 Å². The molecule has 0 aromatic heterocycles. The summed E-state index contributed by atoms with van der Waals surface area (Å²) in [6, 6.07) is 14.2. The molecule has 1 saturated heterocycles. The standard InChI is InChI=1S/C22H27ClN2O2/c1-16-4-3-5-17(2)22(16)27-15-21(26)24-20-10-12-25(13-11-20)14-18-6-8-19(23)9-7-18/h3-9,20H,10-15H2,1-2H3,(H,24,26). The number of rotatable bonds is 6. The van der Waals surface area contributed by atoms with Gasteiger partial charge < -0.3 is 10.1 Å². The van der Waals surface area contributed by atoms with E-state index in [1.807, 2.05) is 44.2 Å². The molecule has 3 rings (SSSR count). The van der Waals surface area contributed by atoms with Crippen LogP contribution in [0.4, 0.5) is 0 Å². The van der Waals surface area contributed by atoms with Gasteiger partial charge in [-0.1, -0.05) is 41.9 Å². The summed E-state index contributed by atoms with van der Waals surface area (Å²) in [5.74, 6) is 0.763. The maximum absolute atomic E-state index is 12.2. The Hall–Kier alpha value is -2.04. The number of para-hydroxylation sites is 1. The minimum atomic E-state index is -0.0474. The molecular weight excluding hydrogens is 360 g/mol. The van der Waals surface area contributed by atoms with Crippen LogP contribution in [0.15, 0.2) is 42.5 Å². The van der Waals surface area contributed by atoms with E-state index < -0.39 is 0 Å². The number of carbonyl (C=O) groups is 1. The van der Waals surface area contributed by atoms with E-state index in [4.69, 9.17) is 16.3 Å². The van der Waals surface area contributed by atoms with Crippen LogP contribution >= 0.6 is 11.6 Å². The third-order valence-electron chi connectivity index (χ3n) is 5.03. The number of likely N-dealkylation sites (tertiary alicyclic amines) is 1. The molecule has 0 aliphatic carbocycles. The molecule has 1 aliphatic rings. The van der Waals surface area contributed by atoms with Gasteiger partial charge in [-0.25, -0.2) is 0 Å². The fraction of sp³-hybridized carbons (Fsp3) is 0.409. The first-order valence-electron chi connectivity index (χ1n) is 9.46. The van der Waals surface area contributed by atoms with Crippen molar-refractivity contribution in [3.63, 3.8) is 0 Å². The molecular formula is C22H27ClN2O2. The average molecular weight is 387 g/mol. The van der Waals surface area contributed by atoms with Crippen molar-refractivity contribution in [1.29, 1.82) is 0 Å². The number of benzene rings is 2. The van der Waals surface area contributed by atoms with Crippen LogP contribution in [-0.4, -0.2) is 36.5 Å². The average Bonchev–Trinajstić information content (AvgIpc) is 2.65. The molecule has 2 aromatic carbocycles. The Morgan fingerprint density at radius 3 is 2.37 bits per heavy atom. The van der Waals surface area contributed by atoms with Crippen molar-refractivity contribution in [1.82, 2.24) is 10.2 Å². The lowest BCUT2D eigenvalue weighted by molar-refractivity contribution is -0.124. The van der Waals surface area contributed by atoms with E-state index in [0.29, 0.717) is 0 Å². The topological polar surface area (TPSA) is 41.6 Å². The molecule has 1 N–H and O–H groups in total. The molecule has 1 amide bonds. The largest absolute Gasteiger partial charge is 0.483 e. The maximum Gasteiger partial charge on any atom is 0.258 e. The Bertz CT molecular complexity index is 748. The van der Waals surface area contributed by atoms with Crippen LogP contribution in [0.2, 0.25) is 5.02 Å². The Morgan fingerprint density at radius 2 is 1.74 bits per heavy atom. The van der Waals surface area contributed by atoms with Crippen LogP contribution in [-0.2, 0) is 11.3 Å². The quantitative estimate of drug-likeness (QED) is 0.812. The highest BCUT2D eigenvalue weighted by atomic mass is 35.5. The van der Waals surface area contributed by atoms with Gasteiger partial charge in [-0.15, -0.1) is 0 Å². The molecule has 1 heterocycles. The number of aryl methyl sites for hydroxylation is 2. The van der Waals surface area contributed by atoms with Gasteiger partial charge in [0.1, 0.15) is 5.75 Å². The highest BCUT2D eigenvalue weighted by molar-refractivity contribution is 6.30. The monoisotopic (exact) mass is 386 g/mol. The van der Waals surface area contributed by atoms with E-state index in [1.165, 1.54) is 5.56 Å². The first-order chi connectivity index (χ1) is 13.0. The summed E-state index contributed by atoms with van der Waals surface area (Å²) >= 11 is 5.94. The van der Waals surface area contributed by atoms with Crippen molar-refractivity contribution < 1.29 is 9.53 Å². The van der Waals surface area contributed by atoms with Crippen LogP contribution < -0.4 is 10.1 Å². The van der Waals surface area contributed by atoms with E-state index in [0.717, 1.165) is 54.4 Å². The number of amides is 1. The summed E-state index contributed by atoms with van der Waals surface area (Å²) in [4.78, 5) is 14.7. The van der Waals surface area contributed by atoms with E-state index in [9.17, 15) is 4.79 Å². The second-order valence-electron chi connectivity index (χ2n) is 7.25. The number of ether oxygens (including phenoxy) is 1. The van der Waals surface area contributed by atoms with Crippen molar-refractivity contribution in [3.05, 3.63) is 64.2 Å². The third-order valence-corrected chi connectivity index (χ3v) is 5.28. The Balaban J connectivity index is 1.41. The first-order valence-corrected chi connectivity index (χ1v) is 9.84. The molecule has 144 valence electrons. The Labute approximate surface area is 166 Å². The summed E-state index contributed by atoms with van der Waals surface area (Å²) in [5.41, 5.74) is 3.38. The van der Waals surface area contributed by atoms with Gasteiger partial charge in [0, 0.05) is 30.7 Å². The van der Waals surface area contributed by atoms with Crippen molar-refractivity contribution in [2.45, 2.75) is 39.3 Å². The summed E-state index contributed by atoms with van der Waals surface area (Å²) in [6.45, 7) is 6.94. The van der Waals surface area contributed by atoms with Crippen LogP contribution in [0.1, 0.15) is 29.5 Å². The number of halogens is 1. The molecule has 4 nitrogen and oxygen atoms in total. The van der Waals surface area contributed by atoms with Gasteiger partial charge in [0.05, 0.1) is 0 Å². The second kappa shape index (κ2) is 9.25. The summed E-state index contributed by atoms with van der Waals surface area (Å²) in [7, 11) is 0. The number of carbonyl (C=O) groups excluding carboxylic acids is 1. The normalized spacial score (nSPS) is 15.5. The van der Waals surface area contributed by atoms with Gasteiger partial charge >= 0.3 is 0 Å². The van der Waals surface area contributed by atoms with Crippen LogP contribution in [0, 0.1) is 13.8 Å². The predicted octanol–water partition coefficient (Wildman–Crippen LogP) is 4.12. The number of hydrogen-bond donors (Lipinski definition) is 1. The van der Waals surface area contributed by atoms with Crippen LogP contribution in [0.5, 0.6) is 5.75 Å². The Morgan fingerprint density at radius 1 is 1.11 bits per heavy atom. The number of nitrogens with zero attached hydrogens (tertiary/aromatic N) is 1. The molecule has 2 aromatic rings. The van der Waals surface area contributed by atoms with Crippen molar-refractivity contribution >= 4 is 17.5 Å². The molecule has 0 saturated carbocycles. The number of hydrogen-bond acceptors (Lipinski definition) is 3. The zero-order valence-electron chi connectivity index (χ0n) is 16.0. The van der Waals surface area contributed by atoms with Gasteiger partial charge in [0.15, 0.2) is 6.61 Å². The van der Waals surface area contributed by atoms with Crippen LogP contribution in [0.3, 0.4) is 0 Å². The van der Waals surface area contributed by atoms with Crippen molar-refractivity contribution in [3.8, 4) is 5.75 Å². The zero-order chi connectivity index (χ0) is 19.2. The lowest BCUT2D eigenvalue weighted by atomic mass is 10.0. The van der Waals surface area contributed by atoms with Gasteiger partial charge in [-0.3, -0.25) is 9.69 Å². The number of piperidine rings is 1. The molecule has 0 radical (unpaired) electrons.